The van der Waals surface area contributed by atoms with Gasteiger partial charge in [0.25, 0.3) is 5.91 Å². The monoisotopic (exact) mass is 309 g/mol. The van der Waals surface area contributed by atoms with E-state index >= 15 is 0 Å². The molecule has 2 rings (SSSR count). The summed E-state index contributed by atoms with van der Waals surface area (Å²) in [6.45, 7) is 1.06. The molecule has 1 heterocycles. The standard InChI is InChI=1S/C15H19NO4S/c1-19-15(18)13-9-16(6-7-20-13)14(17)12-5-3-4-11(8-12)10-21-2/h3-5,8,13H,6-7,9-10H2,1-2H3. The molecule has 0 aromatic heterocycles. The Balaban J connectivity index is 2.08. The Morgan fingerprint density at radius 2 is 2.29 bits per heavy atom. The van der Waals surface area contributed by atoms with E-state index in [0.29, 0.717) is 18.7 Å². The largest absolute Gasteiger partial charge is 0.467 e. The predicted octanol–water partition coefficient (Wildman–Crippen LogP) is 1.56. The molecule has 0 aliphatic carbocycles. The van der Waals surface area contributed by atoms with E-state index in [4.69, 9.17) is 4.74 Å². The second-order valence-electron chi connectivity index (χ2n) is 4.77. The zero-order chi connectivity index (χ0) is 15.2. The first-order valence-electron chi connectivity index (χ1n) is 6.72. The number of ether oxygens (including phenoxy) is 2. The lowest BCUT2D eigenvalue weighted by Gasteiger charge is -2.31. The molecule has 0 saturated carbocycles. The molecule has 1 atom stereocenters. The van der Waals surface area contributed by atoms with Gasteiger partial charge in [0.05, 0.1) is 20.3 Å². The SMILES string of the molecule is COC(=O)C1CN(C(=O)c2cccc(CSC)c2)CCO1. The molecule has 1 fully saturated rings. The van der Waals surface area contributed by atoms with Gasteiger partial charge >= 0.3 is 5.97 Å². The second kappa shape index (κ2) is 7.47. The van der Waals surface area contributed by atoms with E-state index < -0.39 is 12.1 Å². The molecule has 1 aliphatic rings. The average Bonchev–Trinajstić information content (AvgIpc) is 2.54. The Labute approximate surface area is 128 Å². The fourth-order valence-electron chi connectivity index (χ4n) is 2.25. The Morgan fingerprint density at radius 1 is 1.48 bits per heavy atom. The molecular formula is C15H19NO4S. The number of hydrogen-bond donors (Lipinski definition) is 0. The quantitative estimate of drug-likeness (QED) is 0.790. The molecule has 1 aromatic rings. The van der Waals surface area contributed by atoms with Crippen molar-refractivity contribution in [2.24, 2.45) is 0 Å². The summed E-state index contributed by atoms with van der Waals surface area (Å²) in [7, 11) is 1.32. The second-order valence-corrected chi connectivity index (χ2v) is 5.63. The average molecular weight is 309 g/mol. The first-order valence-corrected chi connectivity index (χ1v) is 8.11. The smallest absolute Gasteiger partial charge is 0.336 e. The predicted molar refractivity (Wildman–Crippen MR) is 81.3 cm³/mol. The summed E-state index contributed by atoms with van der Waals surface area (Å²) in [5, 5.41) is 0. The Hall–Kier alpha value is -1.53. The number of morpholine rings is 1. The van der Waals surface area contributed by atoms with E-state index in [2.05, 4.69) is 4.74 Å². The number of carbonyl (C=O) groups is 2. The van der Waals surface area contributed by atoms with Gasteiger partial charge in [0.1, 0.15) is 0 Å². The van der Waals surface area contributed by atoms with Crippen LogP contribution < -0.4 is 0 Å². The van der Waals surface area contributed by atoms with Gasteiger partial charge in [-0.25, -0.2) is 4.79 Å². The third kappa shape index (κ3) is 3.98. The number of benzene rings is 1. The zero-order valence-corrected chi connectivity index (χ0v) is 13.0. The summed E-state index contributed by atoms with van der Waals surface area (Å²) < 4.78 is 10.0. The van der Waals surface area contributed by atoms with Crippen molar-refractivity contribution >= 4 is 23.6 Å². The van der Waals surface area contributed by atoms with Crippen LogP contribution in [0.15, 0.2) is 24.3 Å². The molecule has 0 radical (unpaired) electrons. The minimum atomic E-state index is -0.693. The normalized spacial score (nSPS) is 18.4. The highest BCUT2D eigenvalue weighted by molar-refractivity contribution is 7.97. The van der Waals surface area contributed by atoms with Gasteiger partial charge in [-0.1, -0.05) is 12.1 Å². The molecule has 6 heteroatoms. The summed E-state index contributed by atoms with van der Waals surface area (Å²) >= 11 is 1.71. The van der Waals surface area contributed by atoms with Crippen molar-refractivity contribution in [3.63, 3.8) is 0 Å². The third-order valence-electron chi connectivity index (χ3n) is 3.30. The highest BCUT2D eigenvalue weighted by atomic mass is 32.2. The van der Waals surface area contributed by atoms with Crippen LogP contribution in [0.5, 0.6) is 0 Å². The van der Waals surface area contributed by atoms with Crippen LogP contribution in [0.4, 0.5) is 0 Å². The Kier molecular flexibility index (Phi) is 5.64. The van der Waals surface area contributed by atoms with Gasteiger partial charge in [0, 0.05) is 17.9 Å². The number of carbonyl (C=O) groups excluding carboxylic acids is 2. The first-order chi connectivity index (χ1) is 10.2. The summed E-state index contributed by atoms with van der Waals surface area (Å²) in [5.41, 5.74) is 1.76. The fourth-order valence-corrected chi connectivity index (χ4v) is 2.76. The number of nitrogens with zero attached hydrogens (tertiary/aromatic N) is 1. The molecule has 0 bridgehead atoms. The molecule has 1 aromatic carbocycles. The molecule has 1 amide bonds. The maximum absolute atomic E-state index is 12.5. The molecule has 1 saturated heterocycles. The van der Waals surface area contributed by atoms with Crippen molar-refractivity contribution in [2.45, 2.75) is 11.9 Å². The van der Waals surface area contributed by atoms with Gasteiger partial charge in [-0.2, -0.15) is 11.8 Å². The van der Waals surface area contributed by atoms with Gasteiger partial charge < -0.3 is 14.4 Å². The van der Waals surface area contributed by atoms with Crippen LogP contribution >= 0.6 is 11.8 Å². The van der Waals surface area contributed by atoms with E-state index in [1.54, 1.807) is 22.7 Å². The van der Waals surface area contributed by atoms with Gasteiger partial charge in [-0.05, 0) is 24.0 Å². The highest BCUT2D eigenvalue weighted by Gasteiger charge is 2.30. The summed E-state index contributed by atoms with van der Waals surface area (Å²) in [6, 6.07) is 7.59. The minimum Gasteiger partial charge on any atom is -0.467 e. The number of methoxy groups -OCH3 is 1. The lowest BCUT2D eigenvalue weighted by atomic mass is 10.1. The molecule has 0 spiro atoms. The Morgan fingerprint density at radius 3 is 3.00 bits per heavy atom. The lowest BCUT2D eigenvalue weighted by molar-refractivity contribution is -0.158. The van der Waals surface area contributed by atoms with E-state index in [-0.39, 0.29) is 12.5 Å². The zero-order valence-electron chi connectivity index (χ0n) is 12.2. The fraction of sp³-hybridized carbons (Fsp3) is 0.467. The number of esters is 1. The van der Waals surface area contributed by atoms with Crippen LogP contribution in [0.25, 0.3) is 0 Å². The van der Waals surface area contributed by atoms with Crippen molar-refractivity contribution in [3.05, 3.63) is 35.4 Å². The van der Waals surface area contributed by atoms with Crippen LogP contribution in [0, 0.1) is 0 Å². The number of thioether (sulfide) groups is 1. The molecular weight excluding hydrogens is 290 g/mol. The molecule has 21 heavy (non-hydrogen) atoms. The van der Waals surface area contributed by atoms with Gasteiger partial charge in [-0.15, -0.1) is 0 Å². The maximum atomic E-state index is 12.5. The van der Waals surface area contributed by atoms with Crippen LogP contribution in [0.3, 0.4) is 0 Å². The van der Waals surface area contributed by atoms with Gasteiger partial charge in [-0.3, -0.25) is 4.79 Å². The van der Waals surface area contributed by atoms with Gasteiger partial charge in [0.15, 0.2) is 6.10 Å². The minimum absolute atomic E-state index is 0.0739. The van der Waals surface area contributed by atoms with E-state index in [0.717, 1.165) is 11.3 Å². The number of amides is 1. The summed E-state index contributed by atoms with van der Waals surface area (Å²) in [5.74, 6) is 0.355. The van der Waals surface area contributed by atoms with Crippen molar-refractivity contribution in [1.29, 1.82) is 0 Å². The molecule has 5 nitrogen and oxygen atoms in total. The van der Waals surface area contributed by atoms with Gasteiger partial charge in [0.2, 0.25) is 0 Å². The van der Waals surface area contributed by atoms with Crippen molar-refractivity contribution in [3.8, 4) is 0 Å². The van der Waals surface area contributed by atoms with E-state index in [1.165, 1.54) is 7.11 Å². The van der Waals surface area contributed by atoms with Crippen molar-refractivity contribution < 1.29 is 19.1 Å². The van der Waals surface area contributed by atoms with Crippen LogP contribution in [0.2, 0.25) is 0 Å². The molecule has 0 N–H and O–H groups in total. The number of hydrogen-bond acceptors (Lipinski definition) is 5. The van der Waals surface area contributed by atoms with Crippen molar-refractivity contribution in [2.75, 3.05) is 33.1 Å². The van der Waals surface area contributed by atoms with Crippen LogP contribution in [0.1, 0.15) is 15.9 Å². The summed E-state index contributed by atoms with van der Waals surface area (Å²) in [6.07, 6.45) is 1.33. The van der Waals surface area contributed by atoms with Crippen LogP contribution in [-0.4, -0.2) is 55.9 Å². The third-order valence-corrected chi connectivity index (χ3v) is 3.92. The van der Waals surface area contributed by atoms with E-state index in [1.807, 2.05) is 24.5 Å². The molecule has 1 unspecified atom stereocenters. The van der Waals surface area contributed by atoms with Crippen LogP contribution in [-0.2, 0) is 20.0 Å². The molecule has 1 aliphatic heterocycles. The van der Waals surface area contributed by atoms with Crippen molar-refractivity contribution in [1.82, 2.24) is 4.90 Å². The molecule has 114 valence electrons. The van der Waals surface area contributed by atoms with E-state index in [9.17, 15) is 9.59 Å². The number of rotatable bonds is 4. The lowest BCUT2D eigenvalue weighted by Crippen LogP contribution is -2.48. The maximum Gasteiger partial charge on any atom is 0.336 e. The topological polar surface area (TPSA) is 55.8 Å². The summed E-state index contributed by atoms with van der Waals surface area (Å²) in [4.78, 5) is 25.7. The highest BCUT2D eigenvalue weighted by Crippen LogP contribution is 2.15. The Bertz CT molecular complexity index is 520. The first kappa shape index (κ1) is 15.9.